The van der Waals surface area contributed by atoms with E-state index in [-0.39, 0.29) is 5.91 Å². The first-order valence-electron chi connectivity index (χ1n) is 6.47. The van der Waals surface area contributed by atoms with Crippen LogP contribution in [-0.2, 0) is 0 Å². The van der Waals surface area contributed by atoms with Crippen LogP contribution in [0, 0.1) is 0 Å². The van der Waals surface area contributed by atoms with Gasteiger partial charge in [-0.1, -0.05) is 12.8 Å². The quantitative estimate of drug-likeness (QED) is 0.866. The van der Waals surface area contributed by atoms with Crippen LogP contribution in [-0.4, -0.2) is 22.1 Å². The van der Waals surface area contributed by atoms with Crippen molar-refractivity contribution in [3.8, 4) is 0 Å². The highest BCUT2D eigenvalue weighted by Crippen LogP contribution is 2.38. The lowest BCUT2D eigenvalue weighted by Gasteiger charge is -2.10. The van der Waals surface area contributed by atoms with Gasteiger partial charge in [0.15, 0.2) is 5.69 Å². The van der Waals surface area contributed by atoms with Crippen molar-refractivity contribution in [1.82, 2.24) is 15.5 Å². The molecular weight excluding hydrogens is 214 g/mol. The van der Waals surface area contributed by atoms with Crippen molar-refractivity contribution in [2.75, 3.05) is 0 Å². The van der Waals surface area contributed by atoms with Crippen molar-refractivity contribution in [3.05, 3.63) is 23.5 Å². The monoisotopic (exact) mass is 231 g/mol. The number of carbonyl (C=O) groups excluding carboxylic acids is 1. The van der Waals surface area contributed by atoms with E-state index in [2.05, 4.69) is 15.5 Å². The summed E-state index contributed by atoms with van der Waals surface area (Å²) in [4.78, 5) is 11.9. The van der Waals surface area contributed by atoms with Crippen molar-refractivity contribution in [1.29, 1.82) is 0 Å². The van der Waals surface area contributed by atoms with E-state index in [1.54, 1.807) is 6.07 Å². The maximum atomic E-state index is 11.9. The first-order valence-corrected chi connectivity index (χ1v) is 6.47. The van der Waals surface area contributed by atoms with Gasteiger partial charge in [-0.15, -0.1) is 5.10 Å². The van der Waals surface area contributed by atoms with E-state index in [0.717, 1.165) is 18.5 Å². The number of rotatable bonds is 3. The van der Waals surface area contributed by atoms with Gasteiger partial charge in [0.25, 0.3) is 5.91 Å². The molecule has 2 aliphatic carbocycles. The van der Waals surface area contributed by atoms with E-state index in [9.17, 15) is 4.79 Å². The van der Waals surface area contributed by atoms with Gasteiger partial charge in [-0.05, 0) is 37.8 Å². The smallest absolute Gasteiger partial charge is 0.272 e. The van der Waals surface area contributed by atoms with E-state index in [0.29, 0.717) is 17.7 Å². The van der Waals surface area contributed by atoms with Crippen molar-refractivity contribution in [3.63, 3.8) is 0 Å². The van der Waals surface area contributed by atoms with Gasteiger partial charge in [0.05, 0.1) is 5.69 Å². The molecular formula is C13H17N3O. The van der Waals surface area contributed by atoms with Gasteiger partial charge < -0.3 is 5.32 Å². The molecule has 0 radical (unpaired) electrons. The summed E-state index contributed by atoms with van der Waals surface area (Å²) in [6.07, 6.45) is 7.05. The Morgan fingerprint density at radius 2 is 1.88 bits per heavy atom. The summed E-state index contributed by atoms with van der Waals surface area (Å²) in [5.41, 5.74) is 1.48. The Balaban J connectivity index is 1.63. The predicted molar refractivity (Wildman–Crippen MR) is 63.7 cm³/mol. The second-order valence-corrected chi connectivity index (χ2v) is 5.07. The molecule has 4 heteroatoms. The summed E-state index contributed by atoms with van der Waals surface area (Å²) >= 11 is 0. The van der Waals surface area contributed by atoms with Crippen molar-refractivity contribution in [2.24, 2.45) is 0 Å². The summed E-state index contributed by atoms with van der Waals surface area (Å²) in [6, 6.07) is 4.08. The van der Waals surface area contributed by atoms with Crippen LogP contribution in [0.2, 0.25) is 0 Å². The highest BCUT2D eigenvalue weighted by molar-refractivity contribution is 5.92. The molecule has 1 aromatic rings. The molecule has 1 N–H and O–H groups in total. The average molecular weight is 231 g/mol. The first-order chi connectivity index (χ1) is 8.33. The van der Waals surface area contributed by atoms with E-state index in [4.69, 9.17) is 0 Å². The fraction of sp³-hybridized carbons (Fsp3) is 0.615. The molecule has 0 bridgehead atoms. The average Bonchev–Trinajstić information content (AvgIpc) is 3.09. The van der Waals surface area contributed by atoms with Gasteiger partial charge in [-0.2, -0.15) is 5.10 Å². The molecule has 3 rings (SSSR count). The highest BCUT2D eigenvalue weighted by Gasteiger charge is 2.26. The van der Waals surface area contributed by atoms with Crippen LogP contribution in [0.1, 0.15) is 60.6 Å². The lowest BCUT2D eigenvalue weighted by molar-refractivity contribution is 0.0931. The SMILES string of the molecule is O=C(NC1CCCC1)c1ccc(C2CC2)nn1. The minimum atomic E-state index is -0.0771. The zero-order valence-corrected chi connectivity index (χ0v) is 9.85. The number of amides is 1. The fourth-order valence-electron chi connectivity index (χ4n) is 2.39. The van der Waals surface area contributed by atoms with Crippen LogP contribution in [0.25, 0.3) is 0 Å². The lowest BCUT2D eigenvalue weighted by atomic mass is 10.2. The van der Waals surface area contributed by atoms with E-state index < -0.39 is 0 Å². The molecule has 0 atom stereocenters. The van der Waals surface area contributed by atoms with E-state index >= 15 is 0 Å². The third-order valence-electron chi connectivity index (χ3n) is 3.60. The van der Waals surface area contributed by atoms with E-state index in [1.807, 2.05) is 6.07 Å². The topological polar surface area (TPSA) is 54.9 Å². The molecule has 0 aromatic carbocycles. The Kier molecular flexibility index (Phi) is 2.79. The molecule has 2 fully saturated rings. The highest BCUT2D eigenvalue weighted by atomic mass is 16.2. The van der Waals surface area contributed by atoms with Gasteiger partial charge in [0, 0.05) is 12.0 Å². The standard InChI is InChI=1S/C13H17N3O/c17-13(14-10-3-1-2-4-10)12-8-7-11(15-16-12)9-5-6-9/h7-10H,1-6H2,(H,14,17). The Hall–Kier alpha value is -1.45. The molecule has 4 nitrogen and oxygen atoms in total. The third kappa shape index (κ3) is 2.46. The van der Waals surface area contributed by atoms with Gasteiger partial charge >= 0.3 is 0 Å². The first kappa shape index (κ1) is 10.7. The molecule has 17 heavy (non-hydrogen) atoms. The zero-order chi connectivity index (χ0) is 11.7. The van der Waals surface area contributed by atoms with Crippen LogP contribution >= 0.6 is 0 Å². The summed E-state index contributed by atoms with van der Waals surface area (Å²) < 4.78 is 0. The summed E-state index contributed by atoms with van der Waals surface area (Å²) in [5.74, 6) is 0.515. The molecule has 0 saturated heterocycles. The molecule has 2 aliphatic rings. The van der Waals surface area contributed by atoms with Gasteiger partial charge in [-0.3, -0.25) is 4.79 Å². The van der Waals surface area contributed by atoms with Crippen molar-refractivity contribution in [2.45, 2.75) is 50.5 Å². The molecule has 0 spiro atoms. The Bertz CT molecular complexity index is 405. The minimum absolute atomic E-state index is 0.0771. The molecule has 1 aromatic heterocycles. The lowest BCUT2D eigenvalue weighted by Crippen LogP contribution is -2.33. The number of hydrogen-bond donors (Lipinski definition) is 1. The van der Waals surface area contributed by atoms with Crippen LogP contribution in [0.3, 0.4) is 0 Å². The van der Waals surface area contributed by atoms with E-state index in [1.165, 1.54) is 25.7 Å². The summed E-state index contributed by atoms with van der Waals surface area (Å²) in [5, 5.41) is 11.2. The predicted octanol–water partition coefficient (Wildman–Crippen LogP) is 2.03. The molecule has 2 saturated carbocycles. The van der Waals surface area contributed by atoms with Crippen LogP contribution < -0.4 is 5.32 Å². The maximum absolute atomic E-state index is 11.9. The summed E-state index contributed by atoms with van der Waals surface area (Å²) in [7, 11) is 0. The van der Waals surface area contributed by atoms with Crippen LogP contribution in [0.15, 0.2) is 12.1 Å². The molecule has 0 unspecified atom stereocenters. The molecule has 90 valence electrons. The molecule has 1 amide bonds. The number of aromatic nitrogens is 2. The number of nitrogens with zero attached hydrogens (tertiary/aromatic N) is 2. The van der Waals surface area contributed by atoms with Crippen molar-refractivity contribution < 1.29 is 4.79 Å². The third-order valence-corrected chi connectivity index (χ3v) is 3.60. The zero-order valence-electron chi connectivity index (χ0n) is 9.85. The van der Waals surface area contributed by atoms with Crippen LogP contribution in [0.4, 0.5) is 0 Å². The van der Waals surface area contributed by atoms with Crippen molar-refractivity contribution >= 4 is 5.91 Å². The Labute approximate surface area is 101 Å². The largest absolute Gasteiger partial charge is 0.348 e. The number of nitrogens with one attached hydrogen (secondary N) is 1. The number of carbonyl (C=O) groups is 1. The van der Waals surface area contributed by atoms with Gasteiger partial charge in [0.2, 0.25) is 0 Å². The molecule has 0 aliphatic heterocycles. The van der Waals surface area contributed by atoms with Crippen LogP contribution in [0.5, 0.6) is 0 Å². The second-order valence-electron chi connectivity index (χ2n) is 5.07. The Morgan fingerprint density at radius 1 is 1.12 bits per heavy atom. The summed E-state index contributed by atoms with van der Waals surface area (Å²) in [6.45, 7) is 0. The minimum Gasteiger partial charge on any atom is -0.348 e. The number of hydrogen-bond acceptors (Lipinski definition) is 3. The molecule has 1 heterocycles. The van der Waals surface area contributed by atoms with Gasteiger partial charge in [0.1, 0.15) is 0 Å². The Morgan fingerprint density at radius 3 is 2.47 bits per heavy atom. The second kappa shape index (κ2) is 4.43. The maximum Gasteiger partial charge on any atom is 0.272 e. The van der Waals surface area contributed by atoms with Gasteiger partial charge in [-0.25, -0.2) is 0 Å². The fourth-order valence-corrected chi connectivity index (χ4v) is 2.39. The normalized spacial score (nSPS) is 20.5.